The number of piperazine rings is 1. The fourth-order valence-electron chi connectivity index (χ4n) is 5.10. The van der Waals surface area contributed by atoms with Gasteiger partial charge < -0.3 is 9.64 Å². The van der Waals surface area contributed by atoms with Crippen molar-refractivity contribution in [3.05, 3.63) is 90.0 Å². The molecule has 1 saturated heterocycles. The molecule has 3 aromatic rings. The molecule has 4 heteroatoms. The molecule has 1 atom stereocenters. The Kier molecular flexibility index (Phi) is 8.25. The average molecular weight is 471 g/mol. The number of carbonyl (C=O) groups is 1. The van der Waals surface area contributed by atoms with Gasteiger partial charge >= 0.3 is 5.97 Å². The number of hydrogen-bond acceptors (Lipinski definition) is 4. The number of nitrogens with zero attached hydrogens (tertiary/aromatic N) is 2. The Bertz CT molecular complexity index is 1090. The van der Waals surface area contributed by atoms with Crippen LogP contribution in [0.3, 0.4) is 0 Å². The van der Waals surface area contributed by atoms with Crippen LogP contribution in [0.1, 0.15) is 37.8 Å². The minimum Gasteiger partial charge on any atom is -0.465 e. The lowest BCUT2D eigenvalue weighted by molar-refractivity contribution is -0.149. The summed E-state index contributed by atoms with van der Waals surface area (Å²) in [6.45, 7) is 11.6. The van der Waals surface area contributed by atoms with Crippen molar-refractivity contribution in [1.29, 1.82) is 0 Å². The lowest BCUT2D eigenvalue weighted by Crippen LogP contribution is -2.47. The van der Waals surface area contributed by atoms with E-state index in [9.17, 15) is 4.79 Å². The maximum Gasteiger partial charge on any atom is 0.316 e. The SMILES string of the molecule is CCOC(=O)C(C)(CCCN1CCN(c2ccc(-c3ccccc3C)cc2)CC1)c1ccccc1. The minimum absolute atomic E-state index is 0.120. The molecule has 184 valence electrons. The van der Waals surface area contributed by atoms with Gasteiger partial charge in [0.25, 0.3) is 0 Å². The molecule has 4 nitrogen and oxygen atoms in total. The van der Waals surface area contributed by atoms with Crippen molar-refractivity contribution in [2.45, 2.75) is 39.0 Å². The maximum absolute atomic E-state index is 12.8. The molecule has 0 radical (unpaired) electrons. The highest BCUT2D eigenvalue weighted by atomic mass is 16.5. The van der Waals surface area contributed by atoms with Gasteiger partial charge in [-0.05, 0) is 74.5 Å². The summed E-state index contributed by atoms with van der Waals surface area (Å²) in [4.78, 5) is 17.8. The number of esters is 1. The van der Waals surface area contributed by atoms with Crippen molar-refractivity contribution >= 4 is 11.7 Å². The first kappa shape index (κ1) is 25.0. The number of carbonyl (C=O) groups excluding carboxylic acids is 1. The zero-order valence-electron chi connectivity index (χ0n) is 21.4. The first-order valence-electron chi connectivity index (χ1n) is 12.9. The van der Waals surface area contributed by atoms with Crippen molar-refractivity contribution in [2.75, 3.05) is 44.2 Å². The Morgan fingerprint density at radius 2 is 1.54 bits per heavy atom. The summed E-state index contributed by atoms with van der Waals surface area (Å²) in [7, 11) is 0. The number of hydrogen-bond donors (Lipinski definition) is 0. The molecule has 1 unspecified atom stereocenters. The molecule has 0 amide bonds. The summed E-state index contributed by atoms with van der Waals surface area (Å²) in [6.07, 6.45) is 1.76. The van der Waals surface area contributed by atoms with Gasteiger partial charge in [0.1, 0.15) is 0 Å². The Morgan fingerprint density at radius 1 is 0.886 bits per heavy atom. The third kappa shape index (κ3) is 5.94. The van der Waals surface area contributed by atoms with Gasteiger partial charge in [0.2, 0.25) is 0 Å². The van der Waals surface area contributed by atoms with E-state index in [1.54, 1.807) is 0 Å². The summed E-state index contributed by atoms with van der Waals surface area (Å²) >= 11 is 0. The van der Waals surface area contributed by atoms with E-state index in [1.165, 1.54) is 22.4 Å². The van der Waals surface area contributed by atoms with Crippen molar-refractivity contribution in [1.82, 2.24) is 4.90 Å². The summed E-state index contributed by atoms with van der Waals surface area (Å²) in [5.41, 5.74) is 5.61. The van der Waals surface area contributed by atoms with Crippen LogP contribution in [0, 0.1) is 6.92 Å². The smallest absolute Gasteiger partial charge is 0.316 e. The van der Waals surface area contributed by atoms with Gasteiger partial charge in [-0.15, -0.1) is 0 Å². The predicted octanol–water partition coefficient (Wildman–Crippen LogP) is 6.09. The van der Waals surface area contributed by atoms with Gasteiger partial charge in [-0.3, -0.25) is 9.69 Å². The normalized spacial score (nSPS) is 16.0. The second kappa shape index (κ2) is 11.5. The zero-order chi connectivity index (χ0) is 24.7. The van der Waals surface area contributed by atoms with Crippen LogP contribution in [-0.4, -0.2) is 50.2 Å². The molecule has 0 spiro atoms. The Hall–Kier alpha value is -3.11. The molecular formula is C31H38N2O2. The van der Waals surface area contributed by atoms with Gasteiger partial charge in [-0.25, -0.2) is 0 Å². The fourth-order valence-corrected chi connectivity index (χ4v) is 5.10. The van der Waals surface area contributed by atoms with Crippen LogP contribution in [0.25, 0.3) is 11.1 Å². The standard InChI is InChI=1S/C31H38N2O2/c1-4-35-30(34)31(3,27-12-6-5-7-13-27)19-10-20-32-21-23-33(24-22-32)28-17-15-26(16-18-28)29-14-9-8-11-25(29)2/h5-9,11-18H,4,10,19-24H2,1-3H3. The highest BCUT2D eigenvalue weighted by molar-refractivity contribution is 5.82. The van der Waals surface area contributed by atoms with Crippen molar-refractivity contribution in [3.8, 4) is 11.1 Å². The first-order valence-corrected chi connectivity index (χ1v) is 12.9. The summed E-state index contributed by atoms with van der Waals surface area (Å²) < 4.78 is 5.45. The van der Waals surface area contributed by atoms with Gasteiger partial charge in [-0.2, -0.15) is 0 Å². The molecule has 0 saturated carbocycles. The number of aryl methyl sites for hydroxylation is 1. The second-order valence-electron chi connectivity index (χ2n) is 9.71. The van der Waals surface area contributed by atoms with Gasteiger partial charge in [0, 0.05) is 31.9 Å². The maximum atomic E-state index is 12.8. The quantitative estimate of drug-likeness (QED) is 0.355. The Balaban J connectivity index is 1.30. The third-order valence-electron chi connectivity index (χ3n) is 7.35. The molecule has 1 fully saturated rings. The van der Waals surface area contributed by atoms with Crippen LogP contribution in [0.4, 0.5) is 5.69 Å². The lowest BCUT2D eigenvalue weighted by atomic mass is 9.78. The van der Waals surface area contributed by atoms with E-state index in [4.69, 9.17) is 4.74 Å². The van der Waals surface area contributed by atoms with Crippen molar-refractivity contribution in [2.24, 2.45) is 0 Å². The first-order chi connectivity index (χ1) is 17.0. The molecular weight excluding hydrogens is 432 g/mol. The molecule has 0 bridgehead atoms. The third-order valence-corrected chi connectivity index (χ3v) is 7.35. The van der Waals surface area contributed by atoms with E-state index in [1.807, 2.05) is 44.2 Å². The molecule has 3 aromatic carbocycles. The largest absolute Gasteiger partial charge is 0.465 e. The Labute approximate surface area is 210 Å². The molecule has 0 aromatic heterocycles. The molecule has 0 aliphatic carbocycles. The van der Waals surface area contributed by atoms with Crippen LogP contribution < -0.4 is 4.90 Å². The zero-order valence-corrected chi connectivity index (χ0v) is 21.4. The van der Waals surface area contributed by atoms with Crippen LogP contribution in [0.5, 0.6) is 0 Å². The predicted molar refractivity (Wildman–Crippen MR) is 145 cm³/mol. The van der Waals surface area contributed by atoms with Crippen molar-refractivity contribution < 1.29 is 9.53 Å². The molecule has 1 aliphatic rings. The monoisotopic (exact) mass is 470 g/mol. The van der Waals surface area contributed by atoms with E-state index < -0.39 is 5.41 Å². The van der Waals surface area contributed by atoms with Crippen LogP contribution in [-0.2, 0) is 14.9 Å². The van der Waals surface area contributed by atoms with Gasteiger partial charge in [0.15, 0.2) is 0 Å². The molecule has 1 aliphatic heterocycles. The van der Waals surface area contributed by atoms with Crippen LogP contribution in [0.15, 0.2) is 78.9 Å². The van der Waals surface area contributed by atoms with Gasteiger partial charge in [-0.1, -0.05) is 66.7 Å². The summed E-state index contributed by atoms with van der Waals surface area (Å²) in [5.74, 6) is -0.120. The topological polar surface area (TPSA) is 32.8 Å². The second-order valence-corrected chi connectivity index (χ2v) is 9.71. The summed E-state index contributed by atoms with van der Waals surface area (Å²) in [5, 5.41) is 0. The van der Waals surface area contributed by atoms with E-state index >= 15 is 0 Å². The Morgan fingerprint density at radius 3 is 2.20 bits per heavy atom. The molecule has 0 N–H and O–H groups in total. The fraction of sp³-hybridized carbons (Fsp3) is 0.387. The number of rotatable bonds is 9. The number of anilines is 1. The van der Waals surface area contributed by atoms with E-state index in [2.05, 4.69) is 65.3 Å². The molecule has 4 rings (SSSR count). The lowest BCUT2D eigenvalue weighted by Gasteiger charge is -2.37. The van der Waals surface area contributed by atoms with Crippen LogP contribution >= 0.6 is 0 Å². The summed E-state index contributed by atoms with van der Waals surface area (Å²) in [6, 6.07) is 27.6. The number of ether oxygens (including phenoxy) is 1. The van der Waals surface area contributed by atoms with Crippen LogP contribution in [0.2, 0.25) is 0 Å². The number of benzene rings is 3. The van der Waals surface area contributed by atoms with E-state index in [0.29, 0.717) is 6.61 Å². The molecule has 1 heterocycles. The van der Waals surface area contributed by atoms with E-state index in [-0.39, 0.29) is 5.97 Å². The van der Waals surface area contributed by atoms with E-state index in [0.717, 1.165) is 51.1 Å². The van der Waals surface area contributed by atoms with Crippen molar-refractivity contribution in [3.63, 3.8) is 0 Å². The molecule has 35 heavy (non-hydrogen) atoms. The average Bonchev–Trinajstić information content (AvgIpc) is 2.90. The minimum atomic E-state index is -0.599. The highest BCUT2D eigenvalue weighted by Gasteiger charge is 2.36. The van der Waals surface area contributed by atoms with Gasteiger partial charge in [0.05, 0.1) is 12.0 Å². The highest BCUT2D eigenvalue weighted by Crippen LogP contribution is 2.31.